The number of unbranched alkanes of at least 4 members (excludes halogenated alkanes) is 4. The van der Waals surface area contributed by atoms with Crippen LogP contribution in [0.1, 0.15) is 56.6 Å². The van der Waals surface area contributed by atoms with Crippen molar-refractivity contribution in [3.63, 3.8) is 0 Å². The number of nitrogen functional groups attached to an aromatic ring is 1. The largest absolute Gasteiger partial charge is 0.399 e. The molecular weight excluding hydrogens is 236 g/mol. The third kappa shape index (κ3) is 5.33. The lowest BCUT2D eigenvalue weighted by atomic mass is 10.1. The molecule has 1 rings (SSSR count). The Morgan fingerprint density at radius 1 is 1.11 bits per heavy atom. The number of carbonyl (C=O) groups excluding carboxylic acids is 1. The third-order valence-corrected chi connectivity index (χ3v) is 3.33. The van der Waals surface area contributed by atoms with E-state index in [1.807, 2.05) is 26.0 Å². The van der Waals surface area contributed by atoms with Crippen molar-refractivity contribution in [2.45, 2.75) is 59.3 Å². The van der Waals surface area contributed by atoms with E-state index < -0.39 is 0 Å². The van der Waals surface area contributed by atoms with E-state index in [0.717, 1.165) is 35.3 Å². The number of benzene rings is 1. The lowest BCUT2D eigenvalue weighted by Gasteiger charge is -2.12. The summed E-state index contributed by atoms with van der Waals surface area (Å²) < 4.78 is 0. The Kier molecular flexibility index (Phi) is 6.40. The van der Waals surface area contributed by atoms with E-state index in [9.17, 15) is 4.79 Å². The molecule has 0 saturated carbocycles. The molecule has 0 heterocycles. The second-order valence-corrected chi connectivity index (χ2v) is 5.24. The molecule has 1 aromatic carbocycles. The fourth-order valence-corrected chi connectivity index (χ4v) is 2.29. The van der Waals surface area contributed by atoms with E-state index >= 15 is 0 Å². The summed E-state index contributed by atoms with van der Waals surface area (Å²) in [7, 11) is 0. The Morgan fingerprint density at radius 2 is 1.68 bits per heavy atom. The molecule has 0 fully saturated rings. The summed E-state index contributed by atoms with van der Waals surface area (Å²) in [5, 5.41) is 3.00. The van der Waals surface area contributed by atoms with Gasteiger partial charge >= 0.3 is 0 Å². The minimum absolute atomic E-state index is 0.104. The zero-order valence-corrected chi connectivity index (χ0v) is 12.4. The quantitative estimate of drug-likeness (QED) is 0.572. The number of rotatable bonds is 7. The van der Waals surface area contributed by atoms with Gasteiger partial charge in [0.1, 0.15) is 0 Å². The average molecular weight is 262 g/mol. The van der Waals surface area contributed by atoms with Crippen molar-refractivity contribution in [2.75, 3.05) is 11.1 Å². The molecule has 0 aromatic heterocycles. The molecule has 0 radical (unpaired) electrons. The van der Waals surface area contributed by atoms with Crippen molar-refractivity contribution in [3.05, 3.63) is 23.3 Å². The fourth-order valence-electron chi connectivity index (χ4n) is 2.29. The van der Waals surface area contributed by atoms with Crippen LogP contribution in [-0.4, -0.2) is 5.91 Å². The maximum Gasteiger partial charge on any atom is 0.224 e. The molecule has 0 bridgehead atoms. The van der Waals surface area contributed by atoms with Crippen LogP contribution in [0.3, 0.4) is 0 Å². The first kappa shape index (κ1) is 15.5. The van der Waals surface area contributed by atoms with Gasteiger partial charge in [-0.15, -0.1) is 0 Å². The molecule has 3 nitrogen and oxygen atoms in total. The molecule has 1 amide bonds. The molecule has 0 aliphatic heterocycles. The number of hydrogen-bond donors (Lipinski definition) is 2. The highest BCUT2D eigenvalue weighted by molar-refractivity contribution is 5.92. The number of hydrogen-bond acceptors (Lipinski definition) is 2. The molecule has 0 saturated heterocycles. The van der Waals surface area contributed by atoms with Gasteiger partial charge in [0, 0.05) is 17.8 Å². The Morgan fingerprint density at radius 3 is 2.26 bits per heavy atom. The molecule has 3 heteroatoms. The summed E-state index contributed by atoms with van der Waals surface area (Å²) in [6.07, 6.45) is 6.43. The van der Waals surface area contributed by atoms with E-state index in [1.54, 1.807) is 0 Å². The zero-order chi connectivity index (χ0) is 14.3. The van der Waals surface area contributed by atoms with E-state index in [2.05, 4.69) is 12.2 Å². The van der Waals surface area contributed by atoms with E-state index in [0.29, 0.717) is 6.42 Å². The number of amides is 1. The maximum atomic E-state index is 11.9. The Balaban J connectivity index is 2.44. The third-order valence-electron chi connectivity index (χ3n) is 3.33. The van der Waals surface area contributed by atoms with Gasteiger partial charge < -0.3 is 11.1 Å². The van der Waals surface area contributed by atoms with Gasteiger partial charge in [-0.1, -0.05) is 32.6 Å². The number of nitrogens with two attached hydrogens (primary N) is 1. The van der Waals surface area contributed by atoms with Crippen molar-refractivity contribution in [1.29, 1.82) is 0 Å². The monoisotopic (exact) mass is 262 g/mol. The minimum atomic E-state index is 0.104. The van der Waals surface area contributed by atoms with Crippen molar-refractivity contribution in [1.82, 2.24) is 0 Å². The van der Waals surface area contributed by atoms with Gasteiger partial charge in [-0.3, -0.25) is 4.79 Å². The molecule has 0 spiro atoms. The molecule has 0 atom stereocenters. The molecule has 106 valence electrons. The summed E-state index contributed by atoms with van der Waals surface area (Å²) in [6.45, 7) is 6.14. The number of anilines is 2. The van der Waals surface area contributed by atoms with Crippen LogP contribution in [0.5, 0.6) is 0 Å². The Bertz CT molecular complexity index is 404. The highest BCUT2D eigenvalue weighted by Gasteiger charge is 2.08. The number of aryl methyl sites for hydroxylation is 2. The van der Waals surface area contributed by atoms with Gasteiger partial charge in [0.25, 0.3) is 0 Å². The molecular formula is C16H26N2O. The van der Waals surface area contributed by atoms with E-state index in [-0.39, 0.29) is 5.91 Å². The molecule has 3 N–H and O–H groups in total. The van der Waals surface area contributed by atoms with Crippen LogP contribution in [0, 0.1) is 13.8 Å². The van der Waals surface area contributed by atoms with Crippen LogP contribution in [0.4, 0.5) is 11.4 Å². The molecule has 0 aliphatic rings. The van der Waals surface area contributed by atoms with Crippen LogP contribution < -0.4 is 11.1 Å². The van der Waals surface area contributed by atoms with Crippen LogP contribution in [-0.2, 0) is 4.79 Å². The van der Waals surface area contributed by atoms with E-state index in [4.69, 9.17) is 5.73 Å². The van der Waals surface area contributed by atoms with Crippen LogP contribution in [0.2, 0.25) is 0 Å². The van der Waals surface area contributed by atoms with Gasteiger partial charge in [0.15, 0.2) is 0 Å². The van der Waals surface area contributed by atoms with Crippen molar-refractivity contribution < 1.29 is 4.79 Å². The van der Waals surface area contributed by atoms with Gasteiger partial charge in [0.05, 0.1) is 0 Å². The van der Waals surface area contributed by atoms with E-state index in [1.165, 1.54) is 19.3 Å². The number of nitrogens with one attached hydrogen (secondary N) is 1. The predicted octanol–water partition coefficient (Wildman–Crippen LogP) is 4.18. The van der Waals surface area contributed by atoms with Crippen LogP contribution >= 0.6 is 0 Å². The summed E-state index contributed by atoms with van der Waals surface area (Å²) in [4.78, 5) is 11.9. The molecule has 0 aliphatic carbocycles. The first-order valence-electron chi connectivity index (χ1n) is 7.21. The standard InChI is InChI=1S/C16H26N2O/c1-4-5-6-7-8-9-15(19)18-16-12(2)10-14(17)11-13(16)3/h10-11H,4-9,17H2,1-3H3,(H,18,19). The first-order chi connectivity index (χ1) is 9.04. The molecule has 1 aromatic rings. The van der Waals surface area contributed by atoms with Gasteiger partial charge in [-0.25, -0.2) is 0 Å². The lowest BCUT2D eigenvalue weighted by molar-refractivity contribution is -0.116. The Hall–Kier alpha value is -1.51. The Labute approximate surface area is 116 Å². The van der Waals surface area contributed by atoms with Gasteiger partial charge in [0.2, 0.25) is 5.91 Å². The first-order valence-corrected chi connectivity index (χ1v) is 7.21. The van der Waals surface area contributed by atoms with Crippen molar-refractivity contribution in [3.8, 4) is 0 Å². The lowest BCUT2D eigenvalue weighted by Crippen LogP contribution is -2.13. The highest BCUT2D eigenvalue weighted by Crippen LogP contribution is 2.23. The van der Waals surface area contributed by atoms with Crippen LogP contribution in [0.15, 0.2) is 12.1 Å². The summed E-state index contributed by atoms with van der Waals surface area (Å²) in [6, 6.07) is 3.79. The summed E-state index contributed by atoms with van der Waals surface area (Å²) >= 11 is 0. The average Bonchev–Trinajstić information content (AvgIpc) is 2.33. The van der Waals surface area contributed by atoms with Crippen molar-refractivity contribution >= 4 is 17.3 Å². The summed E-state index contributed by atoms with van der Waals surface area (Å²) in [5.41, 5.74) is 9.48. The SMILES string of the molecule is CCCCCCCC(=O)Nc1c(C)cc(N)cc1C. The van der Waals surface area contributed by atoms with Gasteiger partial charge in [-0.05, 0) is 43.5 Å². The highest BCUT2D eigenvalue weighted by atomic mass is 16.1. The second kappa shape index (κ2) is 7.82. The molecule has 19 heavy (non-hydrogen) atoms. The minimum Gasteiger partial charge on any atom is -0.399 e. The maximum absolute atomic E-state index is 11.9. The zero-order valence-electron chi connectivity index (χ0n) is 12.4. The smallest absolute Gasteiger partial charge is 0.224 e. The van der Waals surface area contributed by atoms with Crippen molar-refractivity contribution in [2.24, 2.45) is 0 Å². The fraction of sp³-hybridized carbons (Fsp3) is 0.562. The molecule has 0 unspecified atom stereocenters. The van der Waals surface area contributed by atoms with Gasteiger partial charge in [-0.2, -0.15) is 0 Å². The number of carbonyl (C=O) groups is 1. The normalized spacial score (nSPS) is 10.5. The predicted molar refractivity (Wildman–Crippen MR) is 82.3 cm³/mol. The van der Waals surface area contributed by atoms with Crippen LogP contribution in [0.25, 0.3) is 0 Å². The summed E-state index contributed by atoms with van der Waals surface area (Å²) in [5.74, 6) is 0.104. The second-order valence-electron chi connectivity index (χ2n) is 5.24. The topological polar surface area (TPSA) is 55.1 Å².